The molecule has 2 unspecified atom stereocenters. The highest BCUT2D eigenvalue weighted by Gasteiger charge is 2.40. The maximum Gasteiger partial charge on any atom is 0.343 e. The molecule has 220 valence electrons. The van der Waals surface area contributed by atoms with Crippen molar-refractivity contribution in [1.82, 2.24) is 25.2 Å². The van der Waals surface area contributed by atoms with Crippen LogP contribution < -0.4 is 20.5 Å². The fraction of sp³-hybridized carbons (Fsp3) is 0.586. The van der Waals surface area contributed by atoms with E-state index >= 15 is 8.78 Å². The van der Waals surface area contributed by atoms with Crippen molar-refractivity contribution in [3.63, 3.8) is 0 Å². The lowest BCUT2D eigenvalue weighted by Gasteiger charge is -2.47. The Bertz CT molecular complexity index is 1320. The molecule has 3 aliphatic heterocycles. The van der Waals surface area contributed by atoms with Gasteiger partial charge in [-0.1, -0.05) is 19.3 Å². The van der Waals surface area contributed by atoms with Crippen LogP contribution in [0.2, 0.25) is 0 Å². The number of hydrogen-bond acceptors (Lipinski definition) is 7. The predicted octanol–water partition coefficient (Wildman–Crippen LogP) is 4.80. The van der Waals surface area contributed by atoms with E-state index in [-0.39, 0.29) is 35.3 Å². The van der Waals surface area contributed by atoms with Crippen LogP contribution in [0.25, 0.3) is 0 Å². The second-order valence-electron chi connectivity index (χ2n) is 11.7. The molecule has 0 radical (unpaired) electrons. The van der Waals surface area contributed by atoms with Crippen molar-refractivity contribution < 1.29 is 18.4 Å². The van der Waals surface area contributed by atoms with E-state index in [0.717, 1.165) is 63.5 Å². The van der Waals surface area contributed by atoms with Gasteiger partial charge in [0.2, 0.25) is 5.95 Å². The molecule has 1 aliphatic carbocycles. The third kappa shape index (κ3) is 5.06. The Balaban J connectivity index is 1.22. The Morgan fingerprint density at radius 1 is 1.00 bits per heavy atom. The standard InChI is InChI=1S/C29H38F2N8O2/c1-4-38-29(41)37(3)25-16-32-28(35-26(25)39(38)18-8-5-6-9-18)34-24-15-22(30)21(14-23(24)31)27(40)33-17-12-19-10-7-11-20(13-17)36(19)2/h14-20H,4-13H2,1-3H3,(H,33,40)(H,32,34,35). The molecule has 3 fully saturated rings. The van der Waals surface area contributed by atoms with Gasteiger partial charge in [0, 0.05) is 37.8 Å². The number of benzene rings is 1. The second kappa shape index (κ2) is 11.0. The minimum Gasteiger partial charge on any atom is -0.349 e. The van der Waals surface area contributed by atoms with Gasteiger partial charge in [-0.3, -0.25) is 14.7 Å². The van der Waals surface area contributed by atoms with Gasteiger partial charge in [-0.15, -0.1) is 0 Å². The Morgan fingerprint density at radius 2 is 1.68 bits per heavy atom. The van der Waals surface area contributed by atoms with Crippen LogP contribution in [-0.2, 0) is 0 Å². The Labute approximate surface area is 239 Å². The Kier molecular flexibility index (Phi) is 7.43. The summed E-state index contributed by atoms with van der Waals surface area (Å²) in [5.41, 5.74) is 0.0522. The number of piperidine rings is 2. The second-order valence-corrected chi connectivity index (χ2v) is 11.7. The highest BCUT2D eigenvalue weighted by Crippen LogP contribution is 2.39. The highest BCUT2D eigenvalue weighted by molar-refractivity contribution is 5.99. The topological polar surface area (TPSA) is 96.9 Å². The average Bonchev–Trinajstić information content (AvgIpc) is 3.47. The van der Waals surface area contributed by atoms with Crippen molar-refractivity contribution in [3.8, 4) is 0 Å². The van der Waals surface area contributed by atoms with E-state index < -0.39 is 17.5 Å². The van der Waals surface area contributed by atoms with Gasteiger partial charge in [0.25, 0.3) is 5.91 Å². The van der Waals surface area contributed by atoms with Crippen molar-refractivity contribution in [1.29, 1.82) is 0 Å². The zero-order chi connectivity index (χ0) is 28.8. The van der Waals surface area contributed by atoms with Crippen molar-refractivity contribution in [2.45, 2.75) is 88.9 Å². The summed E-state index contributed by atoms with van der Waals surface area (Å²) in [6.07, 6.45) is 10.5. The van der Waals surface area contributed by atoms with E-state index in [4.69, 9.17) is 0 Å². The summed E-state index contributed by atoms with van der Waals surface area (Å²) in [4.78, 5) is 38.8. The van der Waals surface area contributed by atoms with Gasteiger partial charge in [0.05, 0.1) is 23.5 Å². The van der Waals surface area contributed by atoms with Crippen LogP contribution in [-0.4, -0.2) is 76.6 Å². The maximum atomic E-state index is 15.2. The SMILES string of the molecule is CCN1C(=O)N(C)c2cnc(Nc3cc(F)c(C(=O)NC4CC5CCCC(C4)N5C)cc3F)nc2N1C1CCCC1. The number of fused-ring (bicyclic) bond motifs is 3. The third-order valence-corrected chi connectivity index (χ3v) is 9.29. The van der Waals surface area contributed by atoms with E-state index in [1.54, 1.807) is 12.1 Å². The molecule has 2 aromatic rings. The summed E-state index contributed by atoms with van der Waals surface area (Å²) >= 11 is 0. The molecule has 2 N–H and O–H groups in total. The molecule has 2 saturated heterocycles. The molecule has 0 spiro atoms. The third-order valence-electron chi connectivity index (χ3n) is 9.29. The molecule has 10 nitrogen and oxygen atoms in total. The number of aromatic nitrogens is 2. The van der Waals surface area contributed by atoms with Crippen LogP contribution in [0.1, 0.15) is 75.1 Å². The first-order chi connectivity index (χ1) is 19.7. The number of anilines is 4. The van der Waals surface area contributed by atoms with E-state index in [9.17, 15) is 9.59 Å². The maximum absolute atomic E-state index is 15.2. The fourth-order valence-electron chi connectivity index (χ4n) is 7.06. The monoisotopic (exact) mass is 568 g/mol. The predicted molar refractivity (Wildman–Crippen MR) is 152 cm³/mol. The normalized spacial score (nSPS) is 25.0. The Hall–Kier alpha value is -3.54. The molecule has 4 heterocycles. The lowest BCUT2D eigenvalue weighted by Crippen LogP contribution is -2.59. The fourth-order valence-corrected chi connectivity index (χ4v) is 7.06. The van der Waals surface area contributed by atoms with Crippen molar-refractivity contribution in [3.05, 3.63) is 35.5 Å². The van der Waals surface area contributed by atoms with Crippen LogP contribution in [0.4, 0.5) is 36.7 Å². The molecular weight excluding hydrogens is 530 g/mol. The van der Waals surface area contributed by atoms with Crippen LogP contribution in [0, 0.1) is 11.6 Å². The van der Waals surface area contributed by atoms with Gasteiger partial charge in [-0.05, 0) is 58.6 Å². The summed E-state index contributed by atoms with van der Waals surface area (Å²) < 4.78 is 30.4. The van der Waals surface area contributed by atoms with Crippen LogP contribution in [0.15, 0.2) is 18.3 Å². The molecule has 4 aliphatic rings. The summed E-state index contributed by atoms with van der Waals surface area (Å²) in [7, 11) is 3.80. The van der Waals surface area contributed by atoms with Gasteiger partial charge < -0.3 is 15.5 Å². The van der Waals surface area contributed by atoms with Gasteiger partial charge >= 0.3 is 6.03 Å². The van der Waals surface area contributed by atoms with Crippen molar-refractivity contribution in [2.75, 3.05) is 35.9 Å². The van der Waals surface area contributed by atoms with E-state index in [0.29, 0.717) is 30.1 Å². The molecule has 2 atom stereocenters. The molecule has 3 amide bonds. The summed E-state index contributed by atoms with van der Waals surface area (Å²) in [6, 6.07) is 2.60. The highest BCUT2D eigenvalue weighted by atomic mass is 19.1. The lowest BCUT2D eigenvalue weighted by molar-refractivity contribution is 0.0462. The van der Waals surface area contributed by atoms with Crippen LogP contribution >= 0.6 is 0 Å². The van der Waals surface area contributed by atoms with E-state index in [1.807, 2.05) is 11.9 Å². The van der Waals surface area contributed by atoms with Gasteiger partial charge in [0.1, 0.15) is 17.3 Å². The summed E-state index contributed by atoms with van der Waals surface area (Å²) in [5, 5.41) is 9.33. The minimum atomic E-state index is -0.826. The Morgan fingerprint density at radius 3 is 2.37 bits per heavy atom. The zero-order valence-electron chi connectivity index (χ0n) is 23.9. The first-order valence-corrected chi connectivity index (χ1v) is 14.8. The number of rotatable bonds is 6. The van der Waals surface area contributed by atoms with E-state index in [1.165, 1.54) is 17.5 Å². The number of hydrazine groups is 1. The molecule has 6 rings (SSSR count). The molecule has 41 heavy (non-hydrogen) atoms. The lowest BCUT2D eigenvalue weighted by atomic mass is 9.82. The number of nitrogens with one attached hydrogen (secondary N) is 2. The summed E-state index contributed by atoms with van der Waals surface area (Å²) in [6.45, 7) is 2.38. The molecule has 1 aromatic heterocycles. The minimum absolute atomic E-state index is 0.0614. The van der Waals surface area contributed by atoms with Crippen molar-refractivity contribution in [2.24, 2.45) is 0 Å². The smallest absolute Gasteiger partial charge is 0.343 e. The largest absolute Gasteiger partial charge is 0.349 e. The number of urea groups is 1. The number of nitrogens with zero attached hydrogens (tertiary/aromatic N) is 6. The number of carbonyl (C=O) groups is 2. The first kappa shape index (κ1) is 27.6. The number of hydrogen-bond donors (Lipinski definition) is 2. The number of amides is 3. The molecule has 2 bridgehead atoms. The summed E-state index contributed by atoms with van der Waals surface area (Å²) in [5.74, 6) is -1.61. The quantitative estimate of drug-likeness (QED) is 0.517. The van der Waals surface area contributed by atoms with Crippen LogP contribution in [0.5, 0.6) is 0 Å². The molecule has 1 aromatic carbocycles. The first-order valence-electron chi connectivity index (χ1n) is 14.8. The number of halogens is 2. The van der Waals surface area contributed by atoms with Crippen LogP contribution in [0.3, 0.4) is 0 Å². The molecule has 12 heteroatoms. The van der Waals surface area contributed by atoms with Gasteiger partial charge in [-0.25, -0.2) is 23.6 Å². The van der Waals surface area contributed by atoms with Gasteiger partial charge in [0.15, 0.2) is 5.82 Å². The number of carbonyl (C=O) groups excluding carboxylic acids is 2. The molecular formula is C29H38F2N8O2. The zero-order valence-corrected chi connectivity index (χ0v) is 23.9. The molecule has 1 saturated carbocycles. The van der Waals surface area contributed by atoms with E-state index in [2.05, 4.69) is 32.5 Å². The van der Waals surface area contributed by atoms with Gasteiger partial charge in [-0.2, -0.15) is 4.98 Å². The average molecular weight is 569 g/mol. The van der Waals surface area contributed by atoms with Crippen molar-refractivity contribution >= 4 is 35.1 Å².